The van der Waals surface area contributed by atoms with Gasteiger partial charge in [0, 0.05) is 38.4 Å². The zero-order chi connectivity index (χ0) is 25.4. The van der Waals surface area contributed by atoms with E-state index < -0.39 is 18.1 Å². The van der Waals surface area contributed by atoms with Gasteiger partial charge in [0.2, 0.25) is 5.91 Å². The molecule has 0 saturated carbocycles. The fraction of sp³-hybridized carbons (Fsp3) is 0.458. The summed E-state index contributed by atoms with van der Waals surface area (Å²) < 4.78 is 49.4. The number of benzene rings is 1. The van der Waals surface area contributed by atoms with Crippen LogP contribution >= 0.6 is 11.6 Å². The predicted molar refractivity (Wildman–Crippen MR) is 129 cm³/mol. The molecule has 3 aromatic rings. The summed E-state index contributed by atoms with van der Waals surface area (Å²) in [7, 11) is 1.21. The number of likely N-dealkylation sites (N-methyl/N-ethyl adjacent to an activating group) is 1. The van der Waals surface area contributed by atoms with Gasteiger partial charge in [-0.25, -0.2) is 9.50 Å². The van der Waals surface area contributed by atoms with Crippen molar-refractivity contribution in [2.45, 2.75) is 25.1 Å². The van der Waals surface area contributed by atoms with Crippen molar-refractivity contribution in [2.24, 2.45) is 0 Å². The number of alkyl halides is 3. The fourth-order valence-corrected chi connectivity index (χ4v) is 5.04. The number of rotatable bonds is 5. The van der Waals surface area contributed by atoms with Gasteiger partial charge in [-0.1, -0.05) is 23.7 Å². The van der Waals surface area contributed by atoms with E-state index in [-0.39, 0.29) is 12.1 Å². The summed E-state index contributed by atoms with van der Waals surface area (Å²) in [5, 5.41) is 4.67. The molecule has 36 heavy (non-hydrogen) atoms. The molecule has 192 valence electrons. The maximum atomic E-state index is 14.1. The Morgan fingerprint density at radius 3 is 2.61 bits per heavy atom. The SMILES string of the molecule is CN(C(=O)CN1CCOCC1)[C@@H](c1ccc(N2CCCc3c2cnc2cc(Cl)nn32)cc1)C(F)(F)F. The van der Waals surface area contributed by atoms with Gasteiger partial charge >= 0.3 is 6.18 Å². The number of aromatic nitrogens is 3. The maximum absolute atomic E-state index is 14.1. The molecule has 8 nitrogen and oxygen atoms in total. The number of carbonyl (C=O) groups excluding carboxylic acids is 1. The zero-order valence-electron chi connectivity index (χ0n) is 19.7. The van der Waals surface area contributed by atoms with Crippen LogP contribution in [0.15, 0.2) is 36.5 Å². The van der Waals surface area contributed by atoms with Gasteiger partial charge in [0.15, 0.2) is 16.8 Å². The average Bonchev–Trinajstić information content (AvgIpc) is 3.25. The van der Waals surface area contributed by atoms with Gasteiger partial charge in [0.25, 0.3) is 0 Å². The smallest absolute Gasteiger partial charge is 0.379 e. The van der Waals surface area contributed by atoms with Gasteiger partial charge in [0.1, 0.15) is 0 Å². The highest BCUT2D eigenvalue weighted by atomic mass is 35.5. The van der Waals surface area contributed by atoms with Crippen LogP contribution in [0.2, 0.25) is 5.15 Å². The van der Waals surface area contributed by atoms with Crippen molar-refractivity contribution >= 4 is 34.5 Å². The number of nitrogens with zero attached hydrogens (tertiary/aromatic N) is 6. The quantitative estimate of drug-likeness (QED) is 0.507. The van der Waals surface area contributed by atoms with Crippen LogP contribution in [-0.2, 0) is 16.0 Å². The Bertz CT molecular complexity index is 1240. The zero-order valence-corrected chi connectivity index (χ0v) is 20.5. The first-order valence-electron chi connectivity index (χ1n) is 11.8. The molecule has 0 radical (unpaired) electrons. The second-order valence-corrected chi connectivity index (χ2v) is 9.40. The van der Waals surface area contributed by atoms with Crippen molar-refractivity contribution in [1.29, 1.82) is 0 Å². The van der Waals surface area contributed by atoms with Crippen LogP contribution in [0.4, 0.5) is 24.5 Å². The molecule has 1 saturated heterocycles. The van der Waals surface area contributed by atoms with Crippen LogP contribution in [0.1, 0.15) is 23.7 Å². The van der Waals surface area contributed by atoms with E-state index in [1.54, 1.807) is 28.9 Å². The van der Waals surface area contributed by atoms with Crippen LogP contribution in [0, 0.1) is 0 Å². The second-order valence-electron chi connectivity index (χ2n) is 9.01. The molecule has 0 spiro atoms. The number of ether oxygens (including phenoxy) is 1. The highest BCUT2D eigenvalue weighted by molar-refractivity contribution is 6.29. The Labute approximate surface area is 211 Å². The van der Waals surface area contributed by atoms with E-state index in [0.717, 1.165) is 34.8 Å². The van der Waals surface area contributed by atoms with Gasteiger partial charge in [0.05, 0.1) is 37.3 Å². The van der Waals surface area contributed by atoms with Crippen molar-refractivity contribution in [3.05, 3.63) is 52.9 Å². The number of halogens is 4. The molecule has 2 aliphatic rings. The molecule has 1 atom stereocenters. The minimum atomic E-state index is -4.62. The number of hydrogen-bond acceptors (Lipinski definition) is 6. The van der Waals surface area contributed by atoms with Gasteiger partial charge in [-0.15, -0.1) is 0 Å². The van der Waals surface area contributed by atoms with Crippen molar-refractivity contribution in [2.75, 3.05) is 51.3 Å². The molecule has 12 heteroatoms. The summed E-state index contributed by atoms with van der Waals surface area (Å²) in [6, 6.07) is 5.84. The fourth-order valence-electron chi connectivity index (χ4n) is 4.87. The number of carbonyl (C=O) groups is 1. The van der Waals surface area contributed by atoms with Crippen molar-refractivity contribution in [1.82, 2.24) is 24.4 Å². The summed E-state index contributed by atoms with van der Waals surface area (Å²) in [6.07, 6.45) is -1.25. The largest absolute Gasteiger partial charge is 0.413 e. The van der Waals surface area contributed by atoms with Crippen molar-refractivity contribution in [3.63, 3.8) is 0 Å². The molecule has 0 unspecified atom stereocenters. The Balaban J connectivity index is 1.39. The summed E-state index contributed by atoms with van der Waals surface area (Å²) in [6.45, 7) is 2.59. The summed E-state index contributed by atoms with van der Waals surface area (Å²) in [5.41, 5.74) is 3.18. The lowest BCUT2D eigenvalue weighted by atomic mass is 10.0. The minimum absolute atomic E-state index is 0.00810. The third-order valence-electron chi connectivity index (χ3n) is 6.69. The summed E-state index contributed by atoms with van der Waals surface area (Å²) in [5.74, 6) is -0.582. The Morgan fingerprint density at radius 1 is 1.19 bits per heavy atom. The van der Waals surface area contributed by atoms with E-state index in [9.17, 15) is 18.0 Å². The van der Waals surface area contributed by atoms with Crippen LogP contribution in [0.25, 0.3) is 5.65 Å². The molecule has 0 aliphatic carbocycles. The first-order chi connectivity index (χ1) is 17.2. The van der Waals surface area contributed by atoms with Gasteiger partial charge < -0.3 is 14.5 Å². The number of aryl methyl sites for hydroxylation is 1. The lowest BCUT2D eigenvalue weighted by molar-refractivity contribution is -0.189. The highest BCUT2D eigenvalue weighted by Gasteiger charge is 2.45. The molecule has 2 aliphatic heterocycles. The minimum Gasteiger partial charge on any atom is -0.379 e. The van der Waals surface area contributed by atoms with E-state index in [1.165, 1.54) is 19.2 Å². The molecular weight excluding hydrogens is 497 g/mol. The van der Waals surface area contributed by atoms with Gasteiger partial charge in [-0.05, 0) is 30.5 Å². The van der Waals surface area contributed by atoms with Crippen LogP contribution in [0.5, 0.6) is 0 Å². The number of anilines is 2. The molecule has 1 aromatic carbocycles. The van der Waals surface area contributed by atoms with E-state index >= 15 is 0 Å². The number of amides is 1. The van der Waals surface area contributed by atoms with Gasteiger partial charge in [-0.2, -0.15) is 18.3 Å². The third-order valence-corrected chi connectivity index (χ3v) is 6.88. The Kier molecular flexibility index (Phi) is 6.80. The topological polar surface area (TPSA) is 66.2 Å². The molecule has 0 bridgehead atoms. The van der Waals surface area contributed by atoms with Crippen LogP contribution in [0.3, 0.4) is 0 Å². The van der Waals surface area contributed by atoms with Crippen molar-refractivity contribution in [3.8, 4) is 0 Å². The van der Waals surface area contributed by atoms with Crippen LogP contribution < -0.4 is 4.90 Å². The molecule has 5 rings (SSSR count). The molecule has 0 N–H and O–H groups in total. The van der Waals surface area contributed by atoms with E-state index in [0.29, 0.717) is 43.6 Å². The normalized spacial score (nSPS) is 17.8. The Hall–Kier alpha value is -2.89. The molecular formula is C24H26ClF3N6O2. The van der Waals surface area contributed by atoms with Crippen molar-refractivity contribution < 1.29 is 22.7 Å². The van der Waals surface area contributed by atoms with Crippen LogP contribution in [-0.4, -0.2) is 82.9 Å². The second kappa shape index (κ2) is 9.87. The molecule has 4 heterocycles. The number of fused-ring (bicyclic) bond motifs is 3. The standard InChI is InChI=1S/C24H26ClF3N6O2/c1-31(22(35)15-32-9-11-36-12-10-32)23(24(26,27)28)16-4-6-17(7-5-16)33-8-2-3-18-19(33)14-29-21-13-20(25)30-34(18)21/h4-7,13-14,23H,2-3,8-12,15H2,1H3/t23-/m0/s1. The first kappa shape index (κ1) is 24.8. The average molecular weight is 523 g/mol. The summed E-state index contributed by atoms with van der Waals surface area (Å²) in [4.78, 5) is 21.8. The van der Waals surface area contributed by atoms with E-state index in [1.807, 2.05) is 9.80 Å². The van der Waals surface area contributed by atoms with E-state index in [4.69, 9.17) is 16.3 Å². The molecule has 1 amide bonds. The first-order valence-corrected chi connectivity index (χ1v) is 12.1. The molecule has 2 aromatic heterocycles. The maximum Gasteiger partial charge on any atom is 0.413 e. The third kappa shape index (κ3) is 4.87. The molecule has 1 fully saturated rings. The van der Waals surface area contributed by atoms with E-state index in [2.05, 4.69) is 10.1 Å². The lowest BCUT2D eigenvalue weighted by Crippen LogP contribution is -2.47. The summed E-state index contributed by atoms with van der Waals surface area (Å²) >= 11 is 6.05. The predicted octanol–water partition coefficient (Wildman–Crippen LogP) is 3.86. The number of hydrogen-bond donors (Lipinski definition) is 0. The Morgan fingerprint density at radius 2 is 1.92 bits per heavy atom. The monoisotopic (exact) mass is 522 g/mol. The highest BCUT2D eigenvalue weighted by Crippen LogP contribution is 2.39. The number of morpholine rings is 1. The van der Waals surface area contributed by atoms with Gasteiger partial charge in [-0.3, -0.25) is 9.69 Å². The lowest BCUT2D eigenvalue weighted by Gasteiger charge is -2.34.